The number of imide groups is 2. The van der Waals surface area contributed by atoms with Crippen molar-refractivity contribution < 1.29 is 29.2 Å². The Hall–Kier alpha value is -5.40. The van der Waals surface area contributed by atoms with Crippen LogP contribution < -0.4 is 15.7 Å². The van der Waals surface area contributed by atoms with Crippen molar-refractivity contribution in [3.8, 4) is 0 Å². The van der Waals surface area contributed by atoms with Crippen LogP contribution in [0.1, 0.15) is 94.3 Å². The number of carbonyl (C=O) groups excluding carboxylic acids is 4. The molecule has 4 heterocycles. The first-order valence-electron chi connectivity index (χ1n) is 21.1. The van der Waals surface area contributed by atoms with E-state index in [0.29, 0.717) is 22.5 Å². The molecular formula is C47H52BN5O6. The van der Waals surface area contributed by atoms with Crippen molar-refractivity contribution >= 4 is 53.0 Å². The second-order valence-corrected chi connectivity index (χ2v) is 16.2. The Labute approximate surface area is 346 Å². The van der Waals surface area contributed by atoms with Crippen molar-refractivity contribution in [2.75, 3.05) is 57.3 Å². The number of allylic oxidation sites excluding steroid dienone is 1. The van der Waals surface area contributed by atoms with Crippen LogP contribution in [0, 0.1) is 0 Å². The minimum absolute atomic E-state index is 0.0999. The lowest BCUT2D eigenvalue weighted by Crippen LogP contribution is -2.54. The number of hydrogen-bond acceptors (Lipinski definition) is 9. The molecule has 0 spiro atoms. The van der Waals surface area contributed by atoms with Gasteiger partial charge in [0.1, 0.15) is 6.04 Å². The van der Waals surface area contributed by atoms with E-state index in [0.717, 1.165) is 105 Å². The fourth-order valence-electron chi connectivity index (χ4n) is 9.32. The molecule has 3 saturated heterocycles. The topological polar surface area (TPSA) is 134 Å². The SMILES string of the molecule is CC/C(=C(\c1ccc(B(O)O)cc1)c1ccc(C2CCN(CCCN3CCN(c4ccc5c(c4)C(=O)N(C4CCC(=O)NC4=O)C5=O)CC3)CC2)cc1)c1ccccc1. The molecule has 0 radical (unpaired) electrons. The summed E-state index contributed by atoms with van der Waals surface area (Å²) < 4.78 is 0. The first kappa shape index (κ1) is 40.4. The van der Waals surface area contributed by atoms with Crippen LogP contribution >= 0.6 is 0 Å². The van der Waals surface area contributed by atoms with Crippen molar-refractivity contribution in [2.24, 2.45) is 0 Å². The number of amides is 4. The molecule has 0 saturated carbocycles. The summed E-state index contributed by atoms with van der Waals surface area (Å²) in [5.41, 5.74) is 9.19. The smallest absolute Gasteiger partial charge is 0.423 e. The monoisotopic (exact) mass is 793 g/mol. The van der Waals surface area contributed by atoms with E-state index in [4.69, 9.17) is 0 Å². The van der Waals surface area contributed by atoms with Gasteiger partial charge in [-0.05, 0) is 121 Å². The molecule has 4 aromatic carbocycles. The van der Waals surface area contributed by atoms with E-state index >= 15 is 0 Å². The van der Waals surface area contributed by atoms with Gasteiger partial charge in [0, 0.05) is 38.3 Å². The van der Waals surface area contributed by atoms with Gasteiger partial charge in [-0.2, -0.15) is 0 Å². The largest absolute Gasteiger partial charge is 0.488 e. The number of carbonyl (C=O) groups is 4. The average molecular weight is 794 g/mol. The molecule has 12 heteroatoms. The van der Waals surface area contributed by atoms with E-state index in [9.17, 15) is 29.2 Å². The molecule has 4 aromatic rings. The number of benzene rings is 4. The zero-order valence-corrected chi connectivity index (χ0v) is 33.7. The number of likely N-dealkylation sites (tertiary alicyclic amines) is 1. The van der Waals surface area contributed by atoms with Gasteiger partial charge < -0.3 is 19.8 Å². The summed E-state index contributed by atoms with van der Waals surface area (Å²) in [6.45, 7) is 9.97. The molecule has 0 aliphatic carbocycles. The number of nitrogens with one attached hydrogen (secondary N) is 1. The van der Waals surface area contributed by atoms with Crippen LogP contribution in [0.2, 0.25) is 0 Å². The van der Waals surface area contributed by atoms with Crippen LogP contribution in [0.3, 0.4) is 0 Å². The predicted molar refractivity (Wildman–Crippen MR) is 230 cm³/mol. The molecule has 1 unspecified atom stereocenters. The second kappa shape index (κ2) is 17.8. The fraction of sp³-hybridized carbons (Fsp3) is 0.362. The molecule has 0 aromatic heterocycles. The van der Waals surface area contributed by atoms with E-state index in [2.05, 4.69) is 75.5 Å². The van der Waals surface area contributed by atoms with Crippen LogP contribution in [-0.4, -0.2) is 114 Å². The van der Waals surface area contributed by atoms with E-state index < -0.39 is 30.9 Å². The zero-order valence-electron chi connectivity index (χ0n) is 33.7. The molecule has 4 aliphatic heterocycles. The number of hydrogen-bond donors (Lipinski definition) is 3. The molecular weight excluding hydrogens is 741 g/mol. The Morgan fingerprint density at radius 2 is 1.32 bits per heavy atom. The highest BCUT2D eigenvalue weighted by Gasteiger charge is 2.45. The van der Waals surface area contributed by atoms with Gasteiger partial charge in [-0.15, -0.1) is 0 Å². The maximum atomic E-state index is 13.3. The summed E-state index contributed by atoms with van der Waals surface area (Å²) in [6.07, 6.45) is 4.49. The third kappa shape index (κ3) is 8.68. The number of nitrogens with zero attached hydrogens (tertiary/aromatic N) is 4. The first-order valence-corrected chi connectivity index (χ1v) is 21.1. The summed E-state index contributed by atoms with van der Waals surface area (Å²) in [5, 5.41) is 21.6. The highest BCUT2D eigenvalue weighted by atomic mass is 16.4. The van der Waals surface area contributed by atoms with E-state index in [1.54, 1.807) is 24.3 Å². The molecule has 59 heavy (non-hydrogen) atoms. The minimum atomic E-state index is -1.50. The molecule has 4 aliphatic rings. The fourth-order valence-corrected chi connectivity index (χ4v) is 9.32. The van der Waals surface area contributed by atoms with E-state index in [1.165, 1.54) is 16.7 Å². The van der Waals surface area contributed by atoms with E-state index in [1.807, 2.05) is 24.3 Å². The quantitative estimate of drug-likeness (QED) is 0.108. The molecule has 0 bridgehead atoms. The van der Waals surface area contributed by atoms with Crippen molar-refractivity contribution in [3.63, 3.8) is 0 Å². The summed E-state index contributed by atoms with van der Waals surface area (Å²) >= 11 is 0. The molecule has 8 rings (SSSR count). The minimum Gasteiger partial charge on any atom is -0.423 e. The van der Waals surface area contributed by atoms with Gasteiger partial charge in [-0.25, -0.2) is 0 Å². The lowest BCUT2D eigenvalue weighted by Gasteiger charge is -2.37. The van der Waals surface area contributed by atoms with Gasteiger partial charge in [-0.3, -0.25) is 34.3 Å². The standard InChI is InChI=1S/C47H52BN5O6/c1-2-39(34-7-4-3-5-8-34)44(36-13-15-37(16-14-36)48(58)59)35-11-9-32(10-12-35)33-21-25-50(26-22-33)23-6-24-51-27-29-52(30-28-51)38-17-18-40-41(31-38)47(57)53(46(40)56)42-19-20-43(54)49-45(42)55/h3-5,7-18,31,33,42,58-59H,2,6,19-30H2,1H3,(H,49,54,55)/b44-39+. The van der Waals surface area contributed by atoms with Crippen LogP contribution in [-0.2, 0) is 9.59 Å². The van der Waals surface area contributed by atoms with E-state index in [-0.39, 0.29) is 18.7 Å². The maximum absolute atomic E-state index is 13.3. The third-order valence-electron chi connectivity index (χ3n) is 12.6. The van der Waals surface area contributed by atoms with Crippen LogP contribution in [0.15, 0.2) is 97.1 Å². The Kier molecular flexibility index (Phi) is 12.2. The summed E-state index contributed by atoms with van der Waals surface area (Å²) in [5.74, 6) is -1.41. The zero-order chi connectivity index (χ0) is 41.0. The highest BCUT2D eigenvalue weighted by molar-refractivity contribution is 6.58. The predicted octanol–water partition coefficient (Wildman–Crippen LogP) is 4.53. The molecule has 4 amide bonds. The normalized spacial score (nSPS) is 19.8. The van der Waals surface area contributed by atoms with Gasteiger partial charge in [-0.1, -0.05) is 85.8 Å². The number of piperidine rings is 2. The van der Waals surface area contributed by atoms with Gasteiger partial charge in [0.05, 0.1) is 11.1 Å². The summed E-state index contributed by atoms with van der Waals surface area (Å²) in [7, 11) is -1.50. The Balaban J connectivity index is 0.815. The van der Waals surface area contributed by atoms with Crippen LogP contribution in [0.5, 0.6) is 0 Å². The summed E-state index contributed by atoms with van der Waals surface area (Å²) in [4.78, 5) is 58.9. The molecule has 11 nitrogen and oxygen atoms in total. The Morgan fingerprint density at radius 1 is 0.695 bits per heavy atom. The van der Waals surface area contributed by atoms with Crippen LogP contribution in [0.4, 0.5) is 5.69 Å². The first-order chi connectivity index (χ1) is 28.7. The molecule has 304 valence electrons. The number of rotatable bonds is 12. The third-order valence-corrected chi connectivity index (χ3v) is 12.6. The lowest BCUT2D eigenvalue weighted by atomic mass is 9.79. The number of anilines is 1. The van der Waals surface area contributed by atoms with Crippen molar-refractivity contribution in [1.29, 1.82) is 0 Å². The lowest BCUT2D eigenvalue weighted by molar-refractivity contribution is -0.136. The Morgan fingerprint density at radius 3 is 1.95 bits per heavy atom. The summed E-state index contributed by atoms with van der Waals surface area (Å²) in [6, 6.07) is 31.6. The number of fused-ring (bicyclic) bond motifs is 1. The molecule has 3 fully saturated rings. The van der Waals surface area contributed by atoms with Crippen molar-refractivity contribution in [3.05, 3.63) is 130 Å². The number of piperazine rings is 1. The highest BCUT2D eigenvalue weighted by Crippen LogP contribution is 2.36. The molecule has 3 N–H and O–H groups in total. The average Bonchev–Trinajstić information content (AvgIpc) is 3.51. The van der Waals surface area contributed by atoms with Gasteiger partial charge in [0.2, 0.25) is 11.8 Å². The Bertz CT molecular complexity index is 2210. The van der Waals surface area contributed by atoms with Gasteiger partial charge in [0.25, 0.3) is 11.8 Å². The van der Waals surface area contributed by atoms with Crippen LogP contribution in [0.25, 0.3) is 11.1 Å². The van der Waals surface area contributed by atoms with Crippen molar-refractivity contribution in [2.45, 2.75) is 57.4 Å². The van der Waals surface area contributed by atoms with Crippen molar-refractivity contribution in [1.82, 2.24) is 20.0 Å². The van der Waals surface area contributed by atoms with Gasteiger partial charge >= 0.3 is 7.12 Å². The maximum Gasteiger partial charge on any atom is 0.488 e. The molecule has 1 atom stereocenters. The van der Waals surface area contributed by atoms with Gasteiger partial charge in [0.15, 0.2) is 0 Å². The second-order valence-electron chi connectivity index (χ2n) is 16.2.